The van der Waals surface area contributed by atoms with Crippen LogP contribution in [0, 0.1) is 5.92 Å². The highest BCUT2D eigenvalue weighted by Crippen LogP contribution is 2.20. The Kier molecular flexibility index (Phi) is 6.51. The third kappa shape index (κ3) is 5.00. The summed E-state index contributed by atoms with van der Waals surface area (Å²) in [7, 11) is 0. The summed E-state index contributed by atoms with van der Waals surface area (Å²) in [5.41, 5.74) is 6.04. The van der Waals surface area contributed by atoms with Crippen LogP contribution in [0.25, 0.3) is 0 Å². The molecule has 1 aromatic rings. The van der Waals surface area contributed by atoms with Crippen molar-refractivity contribution in [2.45, 2.75) is 33.2 Å². The molecule has 0 amide bonds. The minimum atomic E-state index is 0.693. The number of piperidine rings is 1. The number of nitrogens with two attached hydrogens (primary N) is 1. The van der Waals surface area contributed by atoms with E-state index in [0.29, 0.717) is 11.9 Å². The molecular weight excluding hydrogens is 280 g/mol. The number of likely N-dealkylation sites (tertiary alicyclic amines) is 1. The fraction of sp³-hybridized carbons (Fsp3) is 0.688. The van der Waals surface area contributed by atoms with Crippen LogP contribution in [0.2, 0.25) is 0 Å². The lowest BCUT2D eigenvalue weighted by atomic mass is 9.97. The molecule has 1 saturated heterocycles. The van der Waals surface area contributed by atoms with Crippen LogP contribution in [0.1, 0.15) is 31.6 Å². The zero-order valence-corrected chi connectivity index (χ0v) is 14.1. The van der Waals surface area contributed by atoms with E-state index in [4.69, 9.17) is 5.73 Å². The van der Waals surface area contributed by atoms with Gasteiger partial charge in [0, 0.05) is 31.1 Å². The van der Waals surface area contributed by atoms with Gasteiger partial charge in [0.1, 0.15) is 0 Å². The van der Waals surface area contributed by atoms with Gasteiger partial charge < -0.3 is 10.6 Å². The number of rotatable bonds is 6. The molecule has 1 aromatic heterocycles. The number of guanidine groups is 1. The van der Waals surface area contributed by atoms with Gasteiger partial charge in [-0.3, -0.25) is 9.89 Å². The van der Waals surface area contributed by atoms with Crippen molar-refractivity contribution >= 4 is 17.3 Å². The lowest BCUT2D eigenvalue weighted by Gasteiger charge is -2.31. The molecule has 21 heavy (non-hydrogen) atoms. The highest BCUT2D eigenvalue weighted by Gasteiger charge is 2.19. The zero-order chi connectivity index (χ0) is 15.1. The summed E-state index contributed by atoms with van der Waals surface area (Å²) in [6.07, 6.45) is 2.47. The van der Waals surface area contributed by atoms with Crippen molar-refractivity contribution in [3.05, 3.63) is 22.4 Å². The fourth-order valence-electron chi connectivity index (χ4n) is 2.82. The first-order chi connectivity index (χ1) is 10.2. The van der Waals surface area contributed by atoms with Gasteiger partial charge in [0.05, 0.1) is 0 Å². The lowest BCUT2D eigenvalue weighted by molar-refractivity contribution is 0.182. The Balaban J connectivity index is 1.72. The quantitative estimate of drug-likeness (QED) is 0.649. The minimum Gasteiger partial charge on any atom is -0.370 e. The Hall–Kier alpha value is -1.07. The molecule has 0 atom stereocenters. The molecule has 4 nitrogen and oxygen atoms in total. The van der Waals surface area contributed by atoms with Gasteiger partial charge in [-0.05, 0) is 57.1 Å². The van der Waals surface area contributed by atoms with E-state index in [9.17, 15) is 0 Å². The van der Waals surface area contributed by atoms with Gasteiger partial charge in [0.2, 0.25) is 0 Å². The molecule has 2 rings (SSSR count). The molecule has 2 heterocycles. The molecule has 0 unspecified atom stereocenters. The van der Waals surface area contributed by atoms with Gasteiger partial charge >= 0.3 is 0 Å². The fourth-order valence-corrected chi connectivity index (χ4v) is 3.57. The van der Waals surface area contributed by atoms with Gasteiger partial charge in [-0.1, -0.05) is 6.07 Å². The molecule has 0 saturated carbocycles. The van der Waals surface area contributed by atoms with Crippen LogP contribution in [0.4, 0.5) is 0 Å². The summed E-state index contributed by atoms with van der Waals surface area (Å²) in [6, 6.07) is 4.36. The largest absolute Gasteiger partial charge is 0.370 e. The smallest absolute Gasteiger partial charge is 0.191 e. The SMILES string of the molecule is CCN(CC)C(N)=NCC1CCN(Cc2cccs2)CC1. The number of aliphatic imine (C=N–C) groups is 1. The van der Waals surface area contributed by atoms with Crippen LogP contribution in [0.5, 0.6) is 0 Å². The number of hydrogen-bond acceptors (Lipinski definition) is 3. The molecule has 0 aromatic carbocycles. The van der Waals surface area contributed by atoms with Crippen molar-refractivity contribution in [1.29, 1.82) is 0 Å². The Labute approximate surface area is 132 Å². The van der Waals surface area contributed by atoms with Crippen LogP contribution in [0.15, 0.2) is 22.5 Å². The molecule has 1 aliphatic rings. The average molecular weight is 308 g/mol. The van der Waals surface area contributed by atoms with E-state index in [1.54, 1.807) is 0 Å². The highest BCUT2D eigenvalue weighted by molar-refractivity contribution is 7.09. The molecule has 118 valence electrons. The number of thiophene rings is 1. The Morgan fingerprint density at radius 3 is 2.67 bits per heavy atom. The highest BCUT2D eigenvalue weighted by atomic mass is 32.1. The summed E-state index contributed by atoms with van der Waals surface area (Å²) in [5, 5.41) is 2.16. The predicted molar refractivity (Wildman–Crippen MR) is 91.7 cm³/mol. The topological polar surface area (TPSA) is 44.9 Å². The Bertz CT molecular complexity index is 417. The summed E-state index contributed by atoms with van der Waals surface area (Å²) < 4.78 is 0. The van der Waals surface area contributed by atoms with E-state index in [1.807, 2.05) is 11.3 Å². The maximum atomic E-state index is 6.04. The van der Waals surface area contributed by atoms with Crippen molar-refractivity contribution in [2.24, 2.45) is 16.6 Å². The van der Waals surface area contributed by atoms with Crippen LogP contribution in [-0.4, -0.2) is 48.5 Å². The molecule has 0 radical (unpaired) electrons. The maximum absolute atomic E-state index is 6.04. The van der Waals surface area contributed by atoms with Gasteiger partial charge in [-0.2, -0.15) is 0 Å². The van der Waals surface area contributed by atoms with Crippen LogP contribution in [0.3, 0.4) is 0 Å². The molecule has 5 heteroatoms. The normalized spacial score (nSPS) is 18.1. The minimum absolute atomic E-state index is 0.693. The first kappa shape index (κ1) is 16.3. The standard InChI is InChI=1S/C16H28N4S/c1-3-20(4-2)16(17)18-12-14-7-9-19(10-8-14)13-15-6-5-11-21-15/h5-6,11,14H,3-4,7-10,12-13H2,1-2H3,(H2,17,18). The van der Waals surface area contributed by atoms with Gasteiger partial charge in [-0.15, -0.1) is 11.3 Å². The summed E-state index contributed by atoms with van der Waals surface area (Å²) in [6.45, 7) is 10.5. The summed E-state index contributed by atoms with van der Waals surface area (Å²) in [4.78, 5) is 10.7. The second-order valence-corrected chi connectivity index (χ2v) is 6.70. The Morgan fingerprint density at radius 2 is 2.10 bits per heavy atom. The number of nitrogens with zero attached hydrogens (tertiary/aromatic N) is 3. The Morgan fingerprint density at radius 1 is 1.38 bits per heavy atom. The lowest BCUT2D eigenvalue weighted by Crippen LogP contribution is -2.38. The van der Waals surface area contributed by atoms with Crippen molar-refractivity contribution in [3.63, 3.8) is 0 Å². The second-order valence-electron chi connectivity index (χ2n) is 5.67. The van der Waals surface area contributed by atoms with Crippen molar-refractivity contribution in [3.8, 4) is 0 Å². The van der Waals surface area contributed by atoms with E-state index < -0.39 is 0 Å². The van der Waals surface area contributed by atoms with Gasteiger partial charge in [-0.25, -0.2) is 0 Å². The third-order valence-electron chi connectivity index (χ3n) is 4.27. The second kappa shape index (κ2) is 8.39. The molecule has 0 bridgehead atoms. The molecular formula is C16H28N4S. The molecule has 1 aliphatic heterocycles. The molecule has 2 N–H and O–H groups in total. The molecule has 1 fully saturated rings. The van der Waals surface area contributed by atoms with Crippen LogP contribution >= 0.6 is 11.3 Å². The molecule has 0 aliphatic carbocycles. The van der Waals surface area contributed by atoms with E-state index >= 15 is 0 Å². The predicted octanol–water partition coefficient (Wildman–Crippen LogP) is 2.62. The first-order valence-electron chi connectivity index (χ1n) is 8.02. The first-order valence-corrected chi connectivity index (χ1v) is 8.90. The molecule has 0 spiro atoms. The number of hydrogen-bond donors (Lipinski definition) is 1. The van der Waals surface area contributed by atoms with E-state index in [1.165, 1.54) is 30.8 Å². The zero-order valence-electron chi connectivity index (χ0n) is 13.3. The van der Waals surface area contributed by atoms with Crippen LogP contribution in [-0.2, 0) is 6.54 Å². The maximum Gasteiger partial charge on any atom is 0.191 e. The van der Waals surface area contributed by atoms with Crippen LogP contribution < -0.4 is 5.73 Å². The summed E-state index contributed by atoms with van der Waals surface area (Å²) >= 11 is 1.85. The van der Waals surface area contributed by atoms with Gasteiger partial charge in [0.25, 0.3) is 0 Å². The summed E-state index contributed by atoms with van der Waals surface area (Å²) in [5.74, 6) is 1.40. The average Bonchev–Trinajstić information content (AvgIpc) is 3.01. The van der Waals surface area contributed by atoms with Crippen molar-refractivity contribution in [2.75, 3.05) is 32.7 Å². The van der Waals surface area contributed by atoms with E-state index in [2.05, 4.69) is 46.2 Å². The third-order valence-corrected chi connectivity index (χ3v) is 5.13. The van der Waals surface area contributed by atoms with Gasteiger partial charge in [0.15, 0.2) is 5.96 Å². The van der Waals surface area contributed by atoms with Crippen molar-refractivity contribution in [1.82, 2.24) is 9.80 Å². The van der Waals surface area contributed by atoms with E-state index in [-0.39, 0.29) is 0 Å². The van der Waals surface area contributed by atoms with E-state index in [0.717, 1.165) is 26.2 Å². The van der Waals surface area contributed by atoms with Crippen molar-refractivity contribution < 1.29 is 0 Å². The monoisotopic (exact) mass is 308 g/mol.